The van der Waals surface area contributed by atoms with Gasteiger partial charge in [-0.1, -0.05) is 32.9 Å². The molecule has 1 aliphatic carbocycles. The minimum Gasteiger partial charge on any atom is -0.491 e. The quantitative estimate of drug-likeness (QED) is 0.590. The molecule has 1 aromatic heterocycles. The number of rotatable bonds is 8. The van der Waals surface area contributed by atoms with Crippen molar-refractivity contribution in [1.29, 1.82) is 0 Å². The van der Waals surface area contributed by atoms with Gasteiger partial charge in [0.1, 0.15) is 12.4 Å². The van der Waals surface area contributed by atoms with Crippen LogP contribution in [0.4, 0.5) is 0 Å². The lowest BCUT2D eigenvalue weighted by Gasteiger charge is -2.30. The average molecular weight is 401 g/mol. The van der Waals surface area contributed by atoms with Gasteiger partial charge in [0.25, 0.3) is 0 Å². The van der Waals surface area contributed by atoms with E-state index in [-0.39, 0.29) is 6.61 Å². The van der Waals surface area contributed by atoms with Gasteiger partial charge in [0.2, 0.25) is 0 Å². The lowest BCUT2D eigenvalue weighted by molar-refractivity contribution is 0.200. The van der Waals surface area contributed by atoms with Gasteiger partial charge in [0.05, 0.1) is 6.61 Å². The highest BCUT2D eigenvalue weighted by atomic mass is 32.1. The summed E-state index contributed by atoms with van der Waals surface area (Å²) >= 11 is 2.09. The number of aryl methyl sites for hydroxylation is 5. The van der Waals surface area contributed by atoms with E-state index in [4.69, 9.17) is 9.84 Å². The lowest BCUT2D eigenvalue weighted by Crippen LogP contribution is -2.22. The molecule has 28 heavy (non-hydrogen) atoms. The third-order valence-electron chi connectivity index (χ3n) is 6.04. The molecule has 1 N–H and O–H groups in total. The van der Waals surface area contributed by atoms with Crippen LogP contribution in [0.25, 0.3) is 0 Å². The Bertz CT molecular complexity index is 793. The van der Waals surface area contributed by atoms with Crippen molar-refractivity contribution in [3.8, 4) is 5.75 Å². The maximum atomic E-state index is 9.00. The number of benzene rings is 1. The molecule has 0 atom stereocenters. The normalized spacial score (nSPS) is 15.5. The Balaban J connectivity index is 1.67. The second-order valence-corrected chi connectivity index (χ2v) is 10.3. The van der Waals surface area contributed by atoms with Gasteiger partial charge in [-0.05, 0) is 92.0 Å². The van der Waals surface area contributed by atoms with Crippen LogP contribution in [0.1, 0.15) is 71.2 Å². The van der Waals surface area contributed by atoms with Crippen molar-refractivity contribution >= 4 is 11.3 Å². The number of fused-ring (bicyclic) bond motifs is 1. The summed E-state index contributed by atoms with van der Waals surface area (Å²) < 4.78 is 5.69. The zero-order valence-electron chi connectivity index (χ0n) is 18.3. The summed E-state index contributed by atoms with van der Waals surface area (Å²) in [5.41, 5.74) is 7.59. The molecule has 0 amide bonds. The average Bonchev–Trinajstić information content (AvgIpc) is 2.97. The SMILES string of the molecule is CCc1sc(CCCc2cc(C)c(OCCO)c(C)c2)c2c1CC(C)(C)CC2. The zero-order chi connectivity index (χ0) is 20.3. The van der Waals surface area contributed by atoms with E-state index in [1.54, 1.807) is 20.9 Å². The van der Waals surface area contributed by atoms with Crippen molar-refractivity contribution in [2.75, 3.05) is 13.2 Å². The molecule has 1 aliphatic rings. The summed E-state index contributed by atoms with van der Waals surface area (Å²) in [5.74, 6) is 0.931. The van der Waals surface area contributed by atoms with Crippen LogP contribution in [0.2, 0.25) is 0 Å². The van der Waals surface area contributed by atoms with Gasteiger partial charge in [-0.3, -0.25) is 0 Å². The molecule has 0 unspecified atom stereocenters. The molecule has 1 heterocycles. The van der Waals surface area contributed by atoms with Crippen LogP contribution in [0.5, 0.6) is 5.75 Å². The number of hydrogen-bond donors (Lipinski definition) is 1. The van der Waals surface area contributed by atoms with E-state index in [2.05, 4.69) is 58.1 Å². The fourth-order valence-electron chi connectivity index (χ4n) is 4.63. The van der Waals surface area contributed by atoms with Gasteiger partial charge in [0, 0.05) is 9.75 Å². The van der Waals surface area contributed by atoms with E-state index in [0.717, 1.165) is 12.2 Å². The van der Waals surface area contributed by atoms with Gasteiger partial charge in [-0.15, -0.1) is 11.3 Å². The van der Waals surface area contributed by atoms with Gasteiger partial charge in [-0.25, -0.2) is 0 Å². The van der Waals surface area contributed by atoms with E-state index in [1.807, 2.05) is 0 Å². The maximum absolute atomic E-state index is 9.00. The predicted molar refractivity (Wildman–Crippen MR) is 120 cm³/mol. The Morgan fingerprint density at radius 2 is 1.79 bits per heavy atom. The lowest BCUT2D eigenvalue weighted by atomic mass is 9.74. The molecule has 0 aliphatic heterocycles. The molecule has 1 aromatic carbocycles. The molecule has 2 nitrogen and oxygen atoms in total. The Kier molecular flexibility index (Phi) is 6.88. The minimum atomic E-state index is 0.0582. The molecule has 154 valence electrons. The third kappa shape index (κ3) is 4.80. The second kappa shape index (κ2) is 9.00. The summed E-state index contributed by atoms with van der Waals surface area (Å²) in [5, 5.41) is 9.00. The summed E-state index contributed by atoms with van der Waals surface area (Å²) in [6.07, 6.45) is 8.54. The number of thiophene rings is 1. The largest absolute Gasteiger partial charge is 0.491 e. The molecule has 0 bridgehead atoms. The molecular weight excluding hydrogens is 364 g/mol. The van der Waals surface area contributed by atoms with Crippen molar-refractivity contribution in [1.82, 2.24) is 0 Å². The van der Waals surface area contributed by atoms with Gasteiger partial charge < -0.3 is 9.84 Å². The molecule has 0 spiro atoms. The van der Waals surface area contributed by atoms with Crippen LogP contribution in [-0.4, -0.2) is 18.3 Å². The van der Waals surface area contributed by atoms with Gasteiger partial charge in [-0.2, -0.15) is 0 Å². The van der Waals surface area contributed by atoms with E-state index in [0.29, 0.717) is 12.0 Å². The Labute approximate surface area is 175 Å². The van der Waals surface area contributed by atoms with E-state index >= 15 is 0 Å². The van der Waals surface area contributed by atoms with Gasteiger partial charge >= 0.3 is 0 Å². The molecule has 0 radical (unpaired) electrons. The topological polar surface area (TPSA) is 29.5 Å². The zero-order valence-corrected chi connectivity index (χ0v) is 19.1. The fourth-order valence-corrected chi connectivity index (χ4v) is 5.99. The highest BCUT2D eigenvalue weighted by Crippen LogP contribution is 2.42. The van der Waals surface area contributed by atoms with Crippen molar-refractivity contribution in [2.45, 2.75) is 79.6 Å². The van der Waals surface area contributed by atoms with Crippen LogP contribution in [0.15, 0.2) is 12.1 Å². The first-order chi connectivity index (χ1) is 13.3. The number of aliphatic hydroxyl groups is 1. The van der Waals surface area contributed by atoms with E-state index in [9.17, 15) is 0 Å². The Morgan fingerprint density at radius 3 is 2.43 bits per heavy atom. The van der Waals surface area contributed by atoms with Crippen LogP contribution in [-0.2, 0) is 32.1 Å². The summed E-state index contributed by atoms with van der Waals surface area (Å²) in [7, 11) is 0. The monoisotopic (exact) mass is 400 g/mol. The number of hydrogen-bond acceptors (Lipinski definition) is 3. The molecule has 0 fully saturated rings. The summed E-state index contributed by atoms with van der Waals surface area (Å²) in [6, 6.07) is 4.51. The Morgan fingerprint density at radius 1 is 1.07 bits per heavy atom. The fraction of sp³-hybridized carbons (Fsp3) is 0.600. The van der Waals surface area contributed by atoms with Crippen LogP contribution < -0.4 is 4.74 Å². The molecule has 0 saturated heterocycles. The molecule has 0 saturated carbocycles. The number of aliphatic hydroxyl groups excluding tert-OH is 1. The molecule has 3 rings (SSSR count). The highest BCUT2D eigenvalue weighted by Gasteiger charge is 2.29. The first-order valence-corrected chi connectivity index (χ1v) is 11.6. The smallest absolute Gasteiger partial charge is 0.125 e. The van der Waals surface area contributed by atoms with E-state index in [1.165, 1.54) is 55.2 Å². The molecular formula is C25H36O2S. The first-order valence-electron chi connectivity index (χ1n) is 10.8. The van der Waals surface area contributed by atoms with Crippen LogP contribution >= 0.6 is 11.3 Å². The van der Waals surface area contributed by atoms with Crippen LogP contribution in [0.3, 0.4) is 0 Å². The third-order valence-corrected chi connectivity index (χ3v) is 7.52. The second-order valence-electron chi connectivity index (χ2n) is 9.08. The first kappa shape index (κ1) is 21.4. The maximum Gasteiger partial charge on any atom is 0.125 e. The van der Waals surface area contributed by atoms with Gasteiger partial charge in [0.15, 0.2) is 0 Å². The Hall–Kier alpha value is -1.32. The van der Waals surface area contributed by atoms with Crippen LogP contribution in [0, 0.1) is 19.3 Å². The van der Waals surface area contributed by atoms with Crippen molar-refractivity contribution in [3.05, 3.63) is 49.7 Å². The summed E-state index contributed by atoms with van der Waals surface area (Å²) in [4.78, 5) is 3.29. The van der Waals surface area contributed by atoms with Crippen molar-refractivity contribution < 1.29 is 9.84 Å². The predicted octanol–water partition coefficient (Wildman–Crippen LogP) is 5.99. The number of ether oxygens (including phenoxy) is 1. The minimum absolute atomic E-state index is 0.0582. The molecule has 3 heteroatoms. The molecule has 2 aromatic rings. The van der Waals surface area contributed by atoms with Crippen molar-refractivity contribution in [3.63, 3.8) is 0 Å². The summed E-state index contributed by atoms with van der Waals surface area (Å²) in [6.45, 7) is 11.8. The van der Waals surface area contributed by atoms with Crippen molar-refractivity contribution in [2.24, 2.45) is 5.41 Å². The van der Waals surface area contributed by atoms with E-state index < -0.39 is 0 Å². The highest BCUT2D eigenvalue weighted by molar-refractivity contribution is 7.12. The standard InChI is InChI=1S/C25H36O2S/c1-6-22-21-16-25(4,5)11-10-20(21)23(28-22)9-7-8-19-14-17(2)24(18(3)15-19)27-13-12-26/h14-15,26H,6-13,16H2,1-5H3.